The van der Waals surface area contributed by atoms with E-state index in [-0.39, 0.29) is 11.5 Å². The van der Waals surface area contributed by atoms with Crippen LogP contribution < -0.4 is 5.56 Å². The van der Waals surface area contributed by atoms with Gasteiger partial charge in [0.25, 0.3) is 5.56 Å². The van der Waals surface area contributed by atoms with E-state index < -0.39 is 0 Å². The summed E-state index contributed by atoms with van der Waals surface area (Å²) < 4.78 is 1.64. The van der Waals surface area contributed by atoms with Crippen molar-refractivity contribution in [1.82, 2.24) is 9.78 Å². The molecule has 112 valence electrons. The molecule has 0 aliphatic carbocycles. The molecule has 0 bridgehead atoms. The quantitative estimate of drug-likeness (QED) is 0.769. The van der Waals surface area contributed by atoms with Crippen molar-refractivity contribution in [2.75, 3.05) is 0 Å². The molecule has 0 spiro atoms. The number of hydrogen-bond acceptors (Lipinski definition) is 1. The molecular formula is C19H20N2O. The number of aromatic amines is 1. The Kier molecular flexibility index (Phi) is 3.72. The van der Waals surface area contributed by atoms with Crippen molar-refractivity contribution < 1.29 is 0 Å². The second kappa shape index (κ2) is 5.68. The van der Waals surface area contributed by atoms with Gasteiger partial charge in [0.1, 0.15) is 0 Å². The third kappa shape index (κ3) is 2.50. The highest BCUT2D eigenvalue weighted by Gasteiger charge is 2.18. The number of H-pyrrole nitrogens is 1. The Hall–Kier alpha value is -2.55. The Morgan fingerprint density at radius 3 is 2.18 bits per heavy atom. The molecule has 0 fully saturated rings. The van der Waals surface area contributed by atoms with Crippen LogP contribution in [0.5, 0.6) is 0 Å². The van der Waals surface area contributed by atoms with Gasteiger partial charge in [0.2, 0.25) is 0 Å². The Bertz CT molecular complexity index is 824. The normalized spacial score (nSPS) is 11.1. The zero-order valence-corrected chi connectivity index (χ0v) is 13.1. The summed E-state index contributed by atoms with van der Waals surface area (Å²) in [6.07, 6.45) is 0. The van der Waals surface area contributed by atoms with E-state index >= 15 is 0 Å². The molecule has 0 radical (unpaired) electrons. The molecular weight excluding hydrogens is 272 g/mol. The Morgan fingerprint density at radius 1 is 0.955 bits per heavy atom. The third-order valence-corrected chi connectivity index (χ3v) is 3.85. The van der Waals surface area contributed by atoms with Crippen LogP contribution in [-0.4, -0.2) is 9.78 Å². The van der Waals surface area contributed by atoms with Gasteiger partial charge in [0.05, 0.1) is 11.3 Å². The van der Waals surface area contributed by atoms with E-state index in [1.807, 2.05) is 61.5 Å². The SMILES string of the molecule is Cc1ccc(-n2[nH]c(C(C)C)c(-c3ccccc3)c2=O)cc1. The van der Waals surface area contributed by atoms with Gasteiger partial charge in [-0.3, -0.25) is 9.89 Å². The van der Waals surface area contributed by atoms with Crippen LogP contribution in [0.1, 0.15) is 31.0 Å². The Labute approximate surface area is 130 Å². The highest BCUT2D eigenvalue weighted by Crippen LogP contribution is 2.25. The second-order valence-electron chi connectivity index (χ2n) is 5.90. The van der Waals surface area contributed by atoms with Crippen molar-refractivity contribution in [2.45, 2.75) is 26.7 Å². The van der Waals surface area contributed by atoms with E-state index in [2.05, 4.69) is 18.9 Å². The summed E-state index contributed by atoms with van der Waals surface area (Å²) >= 11 is 0. The molecule has 3 aromatic rings. The lowest BCUT2D eigenvalue weighted by Gasteiger charge is -2.05. The maximum Gasteiger partial charge on any atom is 0.279 e. The first-order valence-corrected chi connectivity index (χ1v) is 7.55. The fraction of sp³-hybridized carbons (Fsp3) is 0.211. The van der Waals surface area contributed by atoms with E-state index in [1.54, 1.807) is 4.68 Å². The van der Waals surface area contributed by atoms with Crippen molar-refractivity contribution in [3.8, 4) is 16.8 Å². The molecule has 0 aliphatic rings. The van der Waals surface area contributed by atoms with Gasteiger partial charge >= 0.3 is 0 Å². The maximum atomic E-state index is 12.9. The lowest BCUT2D eigenvalue weighted by molar-refractivity contribution is 0.761. The van der Waals surface area contributed by atoms with Crippen LogP contribution in [0.4, 0.5) is 0 Å². The van der Waals surface area contributed by atoms with Crippen LogP contribution in [0.2, 0.25) is 0 Å². The van der Waals surface area contributed by atoms with Gasteiger partial charge in [-0.1, -0.05) is 61.9 Å². The Morgan fingerprint density at radius 2 is 1.59 bits per heavy atom. The Balaban J connectivity index is 2.23. The van der Waals surface area contributed by atoms with E-state index in [0.29, 0.717) is 0 Å². The molecule has 0 saturated heterocycles. The average molecular weight is 292 g/mol. The predicted molar refractivity (Wildman–Crippen MR) is 90.7 cm³/mol. The van der Waals surface area contributed by atoms with Crippen LogP contribution >= 0.6 is 0 Å². The zero-order valence-electron chi connectivity index (χ0n) is 13.1. The molecule has 1 N–H and O–H groups in total. The monoisotopic (exact) mass is 292 g/mol. The number of hydrogen-bond donors (Lipinski definition) is 1. The number of aryl methyl sites for hydroxylation is 1. The van der Waals surface area contributed by atoms with Crippen LogP contribution in [0, 0.1) is 6.92 Å². The van der Waals surface area contributed by atoms with Gasteiger partial charge in [-0.15, -0.1) is 0 Å². The van der Waals surface area contributed by atoms with Gasteiger partial charge in [-0.25, -0.2) is 4.68 Å². The minimum atomic E-state index is -0.00115. The van der Waals surface area contributed by atoms with E-state index in [0.717, 1.165) is 22.5 Å². The molecule has 0 saturated carbocycles. The van der Waals surface area contributed by atoms with Crippen molar-refractivity contribution in [1.29, 1.82) is 0 Å². The van der Waals surface area contributed by atoms with Crippen molar-refractivity contribution in [2.24, 2.45) is 0 Å². The summed E-state index contributed by atoms with van der Waals surface area (Å²) in [7, 11) is 0. The van der Waals surface area contributed by atoms with Gasteiger partial charge in [-0.05, 0) is 30.5 Å². The fourth-order valence-electron chi connectivity index (χ4n) is 2.63. The largest absolute Gasteiger partial charge is 0.294 e. The first-order chi connectivity index (χ1) is 10.6. The lowest BCUT2D eigenvalue weighted by Crippen LogP contribution is -2.15. The van der Waals surface area contributed by atoms with Crippen molar-refractivity contribution in [3.63, 3.8) is 0 Å². The van der Waals surface area contributed by atoms with Gasteiger partial charge < -0.3 is 0 Å². The maximum absolute atomic E-state index is 12.9. The minimum absolute atomic E-state index is 0.00115. The molecule has 22 heavy (non-hydrogen) atoms. The molecule has 0 atom stereocenters. The molecule has 3 rings (SSSR count). The zero-order chi connectivity index (χ0) is 15.7. The molecule has 0 aliphatic heterocycles. The highest BCUT2D eigenvalue weighted by atomic mass is 16.1. The fourth-order valence-corrected chi connectivity index (χ4v) is 2.63. The van der Waals surface area contributed by atoms with Crippen LogP contribution in [0.25, 0.3) is 16.8 Å². The smallest absolute Gasteiger partial charge is 0.279 e. The molecule has 1 heterocycles. The van der Waals surface area contributed by atoms with Crippen LogP contribution in [-0.2, 0) is 0 Å². The summed E-state index contributed by atoms with van der Waals surface area (Å²) in [5, 5.41) is 3.29. The lowest BCUT2D eigenvalue weighted by atomic mass is 10.00. The molecule has 0 amide bonds. The van der Waals surface area contributed by atoms with E-state index in [9.17, 15) is 4.79 Å². The summed E-state index contributed by atoms with van der Waals surface area (Å²) in [6, 6.07) is 17.8. The second-order valence-corrected chi connectivity index (χ2v) is 5.90. The summed E-state index contributed by atoms with van der Waals surface area (Å²) in [5.74, 6) is 0.245. The predicted octanol–water partition coefficient (Wildman–Crippen LogP) is 4.26. The number of rotatable bonds is 3. The standard InChI is InChI=1S/C19H20N2O/c1-13(2)18-17(15-7-5-4-6-8-15)19(22)21(20-18)16-11-9-14(3)10-12-16/h4-13,20H,1-3H3. The third-order valence-electron chi connectivity index (χ3n) is 3.85. The first kappa shape index (κ1) is 14.4. The van der Waals surface area contributed by atoms with Gasteiger partial charge in [0.15, 0.2) is 0 Å². The summed E-state index contributed by atoms with van der Waals surface area (Å²) in [5.41, 5.74) is 4.72. The number of aromatic nitrogens is 2. The highest BCUT2D eigenvalue weighted by molar-refractivity contribution is 5.66. The number of nitrogens with zero attached hydrogens (tertiary/aromatic N) is 1. The van der Waals surface area contributed by atoms with Crippen LogP contribution in [0.3, 0.4) is 0 Å². The van der Waals surface area contributed by atoms with E-state index in [1.165, 1.54) is 5.56 Å². The number of benzene rings is 2. The number of nitrogens with one attached hydrogen (secondary N) is 1. The average Bonchev–Trinajstić information content (AvgIpc) is 2.87. The van der Waals surface area contributed by atoms with E-state index in [4.69, 9.17) is 0 Å². The van der Waals surface area contributed by atoms with Crippen molar-refractivity contribution >= 4 is 0 Å². The first-order valence-electron chi connectivity index (χ1n) is 7.55. The molecule has 0 unspecified atom stereocenters. The molecule has 3 nitrogen and oxygen atoms in total. The van der Waals surface area contributed by atoms with Crippen LogP contribution in [0.15, 0.2) is 59.4 Å². The summed E-state index contributed by atoms with van der Waals surface area (Å²) in [4.78, 5) is 12.9. The van der Waals surface area contributed by atoms with Gasteiger partial charge in [-0.2, -0.15) is 0 Å². The molecule has 3 heteroatoms. The molecule has 2 aromatic carbocycles. The molecule has 1 aromatic heterocycles. The van der Waals surface area contributed by atoms with Gasteiger partial charge in [0, 0.05) is 5.69 Å². The summed E-state index contributed by atoms with van der Waals surface area (Å²) in [6.45, 7) is 6.23. The topological polar surface area (TPSA) is 37.8 Å². The van der Waals surface area contributed by atoms with Crippen molar-refractivity contribution in [3.05, 3.63) is 76.2 Å². The minimum Gasteiger partial charge on any atom is -0.294 e.